The van der Waals surface area contributed by atoms with Crippen molar-refractivity contribution in [2.45, 2.75) is 45.4 Å². The van der Waals surface area contributed by atoms with Crippen LogP contribution in [0.1, 0.15) is 39.7 Å². The van der Waals surface area contributed by atoms with E-state index in [9.17, 15) is 0 Å². The molecule has 0 radical (unpaired) electrons. The second-order valence-electron chi connectivity index (χ2n) is 6.24. The zero-order valence-electron chi connectivity index (χ0n) is 13.5. The molecule has 1 aromatic rings. The van der Waals surface area contributed by atoms with Gasteiger partial charge in [-0.15, -0.1) is 0 Å². The Labute approximate surface area is 128 Å². The van der Waals surface area contributed by atoms with Crippen molar-refractivity contribution >= 4 is 11.8 Å². The molecule has 0 heterocycles. The Kier molecular flexibility index (Phi) is 7.46. The zero-order valence-corrected chi connectivity index (χ0v) is 14.3. The first kappa shape index (κ1) is 17.4. The quantitative estimate of drug-likeness (QED) is 0.732. The molecule has 0 aromatic heterocycles. The first-order chi connectivity index (χ1) is 9.43. The molecule has 0 aliphatic heterocycles. The van der Waals surface area contributed by atoms with Crippen molar-refractivity contribution in [3.63, 3.8) is 0 Å². The van der Waals surface area contributed by atoms with Crippen LogP contribution in [-0.4, -0.2) is 24.2 Å². The van der Waals surface area contributed by atoms with Crippen LogP contribution in [0.5, 0.6) is 5.75 Å². The van der Waals surface area contributed by atoms with E-state index in [0.29, 0.717) is 10.7 Å². The maximum absolute atomic E-state index is 5.72. The van der Waals surface area contributed by atoms with Crippen molar-refractivity contribution in [2.75, 3.05) is 19.4 Å². The summed E-state index contributed by atoms with van der Waals surface area (Å²) in [6.07, 6.45) is 3.26. The molecule has 0 atom stereocenters. The summed E-state index contributed by atoms with van der Waals surface area (Å²) in [6, 6.07) is 8.42. The third kappa shape index (κ3) is 7.20. The molecule has 2 nitrogen and oxygen atoms in total. The van der Waals surface area contributed by atoms with Gasteiger partial charge in [-0.2, -0.15) is 11.8 Å². The lowest BCUT2D eigenvalue weighted by molar-refractivity contribution is 0.289. The van der Waals surface area contributed by atoms with Gasteiger partial charge in [0.25, 0.3) is 0 Å². The maximum Gasteiger partial charge on any atom is 0.119 e. The van der Waals surface area contributed by atoms with Gasteiger partial charge in [-0.25, -0.2) is 0 Å². The minimum atomic E-state index is 0.292. The third-order valence-electron chi connectivity index (χ3n) is 3.32. The van der Waals surface area contributed by atoms with Crippen molar-refractivity contribution in [2.24, 2.45) is 5.92 Å². The molecule has 3 heteroatoms. The summed E-state index contributed by atoms with van der Waals surface area (Å²) >= 11 is 1.89. The van der Waals surface area contributed by atoms with Gasteiger partial charge in [0.1, 0.15) is 5.75 Å². The van der Waals surface area contributed by atoms with Crippen molar-refractivity contribution in [1.82, 2.24) is 5.32 Å². The topological polar surface area (TPSA) is 21.3 Å². The predicted octanol–water partition coefficient (Wildman–Crippen LogP) is 4.34. The molecule has 0 saturated carbocycles. The van der Waals surface area contributed by atoms with E-state index in [0.717, 1.165) is 31.9 Å². The Hall–Kier alpha value is -0.670. The van der Waals surface area contributed by atoms with Gasteiger partial charge in [-0.1, -0.05) is 26.0 Å². The molecule has 1 N–H and O–H groups in total. The van der Waals surface area contributed by atoms with E-state index < -0.39 is 0 Å². The van der Waals surface area contributed by atoms with Crippen LogP contribution in [0.4, 0.5) is 0 Å². The summed E-state index contributed by atoms with van der Waals surface area (Å²) in [7, 11) is 0. The van der Waals surface area contributed by atoms with E-state index in [-0.39, 0.29) is 0 Å². The fourth-order valence-corrected chi connectivity index (χ4v) is 1.94. The maximum atomic E-state index is 5.72. The molecule has 0 fully saturated rings. The number of hydrogen-bond acceptors (Lipinski definition) is 3. The predicted molar refractivity (Wildman–Crippen MR) is 90.7 cm³/mol. The summed E-state index contributed by atoms with van der Waals surface area (Å²) in [5.74, 6) is 1.66. The van der Waals surface area contributed by atoms with Gasteiger partial charge in [0, 0.05) is 17.8 Å². The fraction of sp³-hybridized carbons (Fsp3) is 0.647. The van der Waals surface area contributed by atoms with Crippen LogP contribution in [-0.2, 0) is 6.54 Å². The van der Waals surface area contributed by atoms with E-state index in [1.54, 1.807) is 0 Å². The molecule has 0 bridgehead atoms. The second-order valence-corrected chi connectivity index (χ2v) is 7.76. The van der Waals surface area contributed by atoms with Crippen molar-refractivity contribution in [3.05, 3.63) is 29.8 Å². The van der Waals surface area contributed by atoms with Gasteiger partial charge < -0.3 is 10.1 Å². The van der Waals surface area contributed by atoms with Crippen LogP contribution in [0.3, 0.4) is 0 Å². The van der Waals surface area contributed by atoms with Crippen LogP contribution in [0, 0.1) is 5.92 Å². The van der Waals surface area contributed by atoms with Crippen molar-refractivity contribution in [1.29, 1.82) is 0 Å². The van der Waals surface area contributed by atoms with Crippen LogP contribution < -0.4 is 10.1 Å². The molecular weight excluding hydrogens is 266 g/mol. The zero-order chi connectivity index (χ0) is 15.0. The minimum absolute atomic E-state index is 0.292. The van der Waals surface area contributed by atoms with E-state index >= 15 is 0 Å². The molecule has 0 aliphatic carbocycles. The minimum Gasteiger partial charge on any atom is -0.494 e. The summed E-state index contributed by atoms with van der Waals surface area (Å²) < 4.78 is 6.02. The van der Waals surface area contributed by atoms with Crippen LogP contribution >= 0.6 is 11.8 Å². The number of hydrogen-bond donors (Lipinski definition) is 1. The Balaban J connectivity index is 2.31. The molecule has 0 unspecified atom stereocenters. The molecular formula is C17H29NOS. The van der Waals surface area contributed by atoms with Crippen molar-refractivity contribution < 1.29 is 4.74 Å². The van der Waals surface area contributed by atoms with Gasteiger partial charge in [-0.05, 0) is 50.1 Å². The highest BCUT2D eigenvalue weighted by atomic mass is 32.2. The van der Waals surface area contributed by atoms with E-state index in [1.807, 2.05) is 11.8 Å². The van der Waals surface area contributed by atoms with Gasteiger partial charge in [0.2, 0.25) is 0 Å². The Morgan fingerprint density at radius 1 is 1.20 bits per heavy atom. The summed E-state index contributed by atoms with van der Waals surface area (Å²) in [6.45, 7) is 11.7. The molecule has 0 amide bonds. The number of nitrogens with one attached hydrogen (secondary N) is 1. The smallest absolute Gasteiger partial charge is 0.119 e. The molecule has 20 heavy (non-hydrogen) atoms. The van der Waals surface area contributed by atoms with E-state index in [2.05, 4.69) is 63.5 Å². The second kappa shape index (κ2) is 8.58. The van der Waals surface area contributed by atoms with Gasteiger partial charge in [-0.3, -0.25) is 0 Å². The van der Waals surface area contributed by atoms with Gasteiger partial charge >= 0.3 is 0 Å². The summed E-state index contributed by atoms with van der Waals surface area (Å²) in [5.41, 5.74) is 1.30. The monoisotopic (exact) mass is 295 g/mol. The lowest BCUT2D eigenvalue weighted by Gasteiger charge is -2.22. The summed E-state index contributed by atoms with van der Waals surface area (Å²) in [5, 5.41) is 3.51. The van der Waals surface area contributed by atoms with Gasteiger partial charge in [0.15, 0.2) is 0 Å². The number of benzene rings is 1. The highest BCUT2D eigenvalue weighted by molar-refractivity contribution is 7.99. The van der Waals surface area contributed by atoms with Gasteiger partial charge in [0.05, 0.1) is 6.61 Å². The normalized spacial score (nSPS) is 11.9. The number of thioether (sulfide) groups is 1. The SMILES string of the molecule is CSC(C)(C)CNCc1ccc(OCCC(C)C)cc1. The number of ether oxygens (including phenoxy) is 1. The molecule has 0 spiro atoms. The third-order valence-corrected chi connectivity index (χ3v) is 4.57. The molecule has 114 valence electrons. The lowest BCUT2D eigenvalue weighted by atomic mass is 10.1. The molecule has 1 aromatic carbocycles. The molecule has 0 saturated heterocycles. The molecule has 0 aliphatic rings. The van der Waals surface area contributed by atoms with E-state index in [1.165, 1.54) is 5.56 Å². The highest BCUT2D eigenvalue weighted by Crippen LogP contribution is 2.20. The summed E-state index contributed by atoms with van der Waals surface area (Å²) in [4.78, 5) is 0. The first-order valence-corrected chi connectivity index (χ1v) is 8.63. The fourth-order valence-electron chi connectivity index (χ4n) is 1.70. The Bertz CT molecular complexity index is 373. The average molecular weight is 295 g/mol. The van der Waals surface area contributed by atoms with E-state index in [4.69, 9.17) is 4.74 Å². The molecule has 1 rings (SSSR count). The van der Waals surface area contributed by atoms with Crippen molar-refractivity contribution in [3.8, 4) is 5.75 Å². The average Bonchev–Trinajstić information content (AvgIpc) is 2.40. The highest BCUT2D eigenvalue weighted by Gasteiger charge is 2.14. The first-order valence-electron chi connectivity index (χ1n) is 7.40. The lowest BCUT2D eigenvalue weighted by Crippen LogP contribution is -2.31. The largest absolute Gasteiger partial charge is 0.494 e. The van der Waals surface area contributed by atoms with Crippen LogP contribution in [0.25, 0.3) is 0 Å². The number of rotatable bonds is 9. The van der Waals surface area contributed by atoms with Crippen LogP contribution in [0.2, 0.25) is 0 Å². The Morgan fingerprint density at radius 3 is 2.40 bits per heavy atom. The van der Waals surface area contributed by atoms with Crippen LogP contribution in [0.15, 0.2) is 24.3 Å². The standard InChI is InChI=1S/C17H29NOS/c1-14(2)10-11-19-16-8-6-15(7-9-16)12-18-13-17(3,4)20-5/h6-9,14,18H,10-13H2,1-5H3. The Morgan fingerprint density at radius 2 is 1.85 bits per heavy atom.